The van der Waals surface area contributed by atoms with E-state index in [0.717, 1.165) is 0 Å². The molecule has 0 unspecified atom stereocenters. The fraction of sp³-hybridized carbons (Fsp3) is 0.737. The maximum absolute atomic E-state index is 13.3. The molecule has 0 aromatic rings. The molecule has 31 heavy (non-hydrogen) atoms. The summed E-state index contributed by atoms with van der Waals surface area (Å²) in [5, 5.41) is 12.0. The lowest BCUT2D eigenvalue weighted by atomic mass is 10.1. The molecule has 0 radical (unpaired) electrons. The first kappa shape index (κ1) is 24.4. The first-order valence-electron chi connectivity index (χ1n) is 10.6. The van der Waals surface area contributed by atoms with Gasteiger partial charge in [-0.25, -0.2) is 4.79 Å². The van der Waals surface area contributed by atoms with Crippen LogP contribution in [0, 0.1) is 0 Å². The number of nitrogens with one attached hydrogen (secondary N) is 1. The van der Waals surface area contributed by atoms with Crippen molar-refractivity contribution in [1.29, 1.82) is 0 Å². The topological polar surface area (TPSA) is 197 Å². The second-order valence-electron chi connectivity index (χ2n) is 8.02. The van der Waals surface area contributed by atoms with Crippen LogP contribution in [0.5, 0.6) is 0 Å². The highest BCUT2D eigenvalue weighted by atomic mass is 16.4. The summed E-state index contributed by atoms with van der Waals surface area (Å²) in [5.74, 6) is -2.32. The molecular weight excluding hydrogens is 406 g/mol. The van der Waals surface area contributed by atoms with Crippen LogP contribution in [0.4, 0.5) is 0 Å². The lowest BCUT2D eigenvalue weighted by Crippen LogP contribution is -2.56. The molecule has 0 aromatic carbocycles. The minimum Gasteiger partial charge on any atom is -0.480 e. The molecule has 2 aliphatic heterocycles. The van der Waals surface area contributed by atoms with Crippen LogP contribution in [0.1, 0.15) is 45.4 Å². The summed E-state index contributed by atoms with van der Waals surface area (Å²) in [4.78, 5) is 56.7. The maximum Gasteiger partial charge on any atom is 0.326 e. The number of carboxylic acids is 1. The summed E-state index contributed by atoms with van der Waals surface area (Å²) >= 11 is 0. The van der Waals surface area contributed by atoms with Gasteiger partial charge in [0.2, 0.25) is 17.7 Å². The van der Waals surface area contributed by atoms with Gasteiger partial charge in [-0.2, -0.15) is 0 Å². The van der Waals surface area contributed by atoms with Crippen molar-refractivity contribution in [3.8, 4) is 0 Å². The lowest BCUT2D eigenvalue weighted by Gasteiger charge is -2.32. The Morgan fingerprint density at radius 2 is 1.71 bits per heavy atom. The van der Waals surface area contributed by atoms with Crippen LogP contribution >= 0.6 is 0 Å². The Morgan fingerprint density at radius 1 is 1.10 bits per heavy atom. The molecule has 2 aliphatic rings. The average Bonchev–Trinajstić information content (AvgIpc) is 3.38. The Labute approximate surface area is 181 Å². The Hall–Kier alpha value is -2.89. The number of guanidine groups is 1. The van der Waals surface area contributed by atoms with Gasteiger partial charge in [0.05, 0.1) is 6.04 Å². The molecule has 0 bridgehead atoms. The summed E-state index contributed by atoms with van der Waals surface area (Å²) in [5.41, 5.74) is 16.3. The second-order valence-corrected chi connectivity index (χ2v) is 8.02. The first-order chi connectivity index (χ1) is 14.6. The van der Waals surface area contributed by atoms with E-state index in [4.69, 9.17) is 17.2 Å². The van der Waals surface area contributed by atoms with Crippen molar-refractivity contribution in [2.24, 2.45) is 22.2 Å². The molecule has 3 amide bonds. The number of carboxylic acid groups (broad SMARTS) is 1. The Bertz CT molecular complexity index is 722. The number of hydrogen-bond donors (Lipinski definition) is 5. The van der Waals surface area contributed by atoms with Gasteiger partial charge in [-0.3, -0.25) is 19.4 Å². The second kappa shape index (κ2) is 10.9. The van der Waals surface area contributed by atoms with Crippen molar-refractivity contribution in [1.82, 2.24) is 15.1 Å². The minimum atomic E-state index is -1.04. The van der Waals surface area contributed by atoms with E-state index in [1.54, 1.807) is 0 Å². The summed E-state index contributed by atoms with van der Waals surface area (Å²) in [6.45, 7) is 2.52. The van der Waals surface area contributed by atoms with Gasteiger partial charge in [-0.05, 0) is 45.4 Å². The van der Waals surface area contributed by atoms with Crippen molar-refractivity contribution < 1.29 is 24.3 Å². The van der Waals surface area contributed by atoms with Gasteiger partial charge in [0, 0.05) is 19.6 Å². The van der Waals surface area contributed by atoms with Crippen LogP contribution in [0.25, 0.3) is 0 Å². The van der Waals surface area contributed by atoms with Crippen LogP contribution in [0.3, 0.4) is 0 Å². The Morgan fingerprint density at radius 3 is 2.29 bits per heavy atom. The van der Waals surface area contributed by atoms with E-state index in [1.165, 1.54) is 16.7 Å². The first-order valence-corrected chi connectivity index (χ1v) is 10.6. The molecule has 0 spiro atoms. The van der Waals surface area contributed by atoms with Crippen molar-refractivity contribution in [3.63, 3.8) is 0 Å². The van der Waals surface area contributed by atoms with Gasteiger partial charge in [0.1, 0.15) is 18.1 Å². The number of rotatable bonds is 9. The zero-order valence-corrected chi connectivity index (χ0v) is 17.8. The van der Waals surface area contributed by atoms with Gasteiger partial charge in [0.15, 0.2) is 5.96 Å². The molecule has 2 rings (SSSR count). The minimum absolute atomic E-state index is 0.0636. The zero-order valence-electron chi connectivity index (χ0n) is 17.8. The van der Waals surface area contributed by atoms with Crippen LogP contribution in [-0.2, 0) is 19.2 Å². The van der Waals surface area contributed by atoms with E-state index in [-0.39, 0.29) is 30.7 Å². The Kier molecular flexibility index (Phi) is 8.60. The van der Waals surface area contributed by atoms with Crippen LogP contribution in [0.15, 0.2) is 4.99 Å². The number of nitrogens with zero attached hydrogens (tertiary/aromatic N) is 3. The summed E-state index contributed by atoms with van der Waals surface area (Å²) in [6.07, 6.45) is 2.80. The zero-order chi connectivity index (χ0) is 23.1. The van der Waals surface area contributed by atoms with E-state index < -0.39 is 36.0 Å². The van der Waals surface area contributed by atoms with E-state index in [1.807, 2.05) is 0 Å². The predicted octanol–water partition coefficient (Wildman–Crippen LogP) is -2.06. The highest BCUT2D eigenvalue weighted by Crippen LogP contribution is 2.26. The number of carbonyl (C=O) groups excluding carboxylic acids is 3. The smallest absolute Gasteiger partial charge is 0.326 e. The summed E-state index contributed by atoms with van der Waals surface area (Å²) < 4.78 is 0. The quantitative estimate of drug-likeness (QED) is 0.153. The average molecular weight is 440 g/mol. The van der Waals surface area contributed by atoms with Gasteiger partial charge in [0.25, 0.3) is 0 Å². The third kappa shape index (κ3) is 6.29. The number of aliphatic imine (C=N–C) groups is 1. The van der Waals surface area contributed by atoms with Gasteiger partial charge in [-0.15, -0.1) is 0 Å². The molecule has 12 heteroatoms. The number of nitrogens with two attached hydrogens (primary N) is 3. The third-order valence-electron chi connectivity index (χ3n) is 5.62. The predicted molar refractivity (Wildman–Crippen MR) is 113 cm³/mol. The molecule has 174 valence electrons. The molecule has 2 fully saturated rings. The molecule has 4 atom stereocenters. The third-order valence-corrected chi connectivity index (χ3v) is 5.62. The van der Waals surface area contributed by atoms with Gasteiger partial charge < -0.3 is 37.4 Å². The van der Waals surface area contributed by atoms with Crippen LogP contribution in [-0.4, -0.2) is 88.4 Å². The van der Waals surface area contributed by atoms with Crippen LogP contribution in [0.2, 0.25) is 0 Å². The molecule has 2 heterocycles. The molecule has 2 saturated heterocycles. The molecule has 0 saturated carbocycles. The largest absolute Gasteiger partial charge is 0.480 e. The molecule has 8 N–H and O–H groups in total. The highest BCUT2D eigenvalue weighted by molar-refractivity contribution is 5.94. The fourth-order valence-corrected chi connectivity index (χ4v) is 4.03. The van der Waals surface area contributed by atoms with E-state index in [2.05, 4.69) is 10.3 Å². The summed E-state index contributed by atoms with van der Waals surface area (Å²) in [7, 11) is 0. The monoisotopic (exact) mass is 439 g/mol. The maximum atomic E-state index is 13.3. The lowest BCUT2D eigenvalue weighted by molar-refractivity contribution is -0.152. The molecule has 12 nitrogen and oxygen atoms in total. The number of carbonyl (C=O) groups is 4. The highest BCUT2D eigenvalue weighted by Gasteiger charge is 2.43. The number of likely N-dealkylation sites (tertiary alicyclic amines) is 2. The standard InChI is InChI=1S/C19H33N7O5/c1-11(20)15(27)24-12(5-2-8-23-19(21)22)16(28)25-9-3-6-13(25)17(29)26-10-4-7-14(26)18(30)31/h11-14H,2-10,20H2,1H3,(H,24,27)(H,30,31)(H4,21,22,23)/t11-,12-,13-,14-/m0/s1. The van der Waals surface area contributed by atoms with Crippen molar-refractivity contribution >= 4 is 29.7 Å². The SMILES string of the molecule is C[C@H](N)C(=O)N[C@@H](CCCN=C(N)N)C(=O)N1CCC[C@H]1C(=O)N1CCC[C@H]1C(=O)O. The van der Waals surface area contributed by atoms with Gasteiger partial charge in [-0.1, -0.05) is 0 Å². The van der Waals surface area contributed by atoms with Crippen molar-refractivity contribution in [2.75, 3.05) is 19.6 Å². The molecular formula is C19H33N7O5. The normalized spacial score (nSPS) is 22.6. The summed E-state index contributed by atoms with van der Waals surface area (Å²) in [6, 6.07) is -3.28. The van der Waals surface area contributed by atoms with E-state index in [0.29, 0.717) is 45.2 Å². The van der Waals surface area contributed by atoms with Gasteiger partial charge >= 0.3 is 5.97 Å². The van der Waals surface area contributed by atoms with E-state index >= 15 is 0 Å². The molecule has 0 aromatic heterocycles. The fourth-order valence-electron chi connectivity index (χ4n) is 4.03. The Balaban J connectivity index is 2.13. The van der Waals surface area contributed by atoms with Crippen molar-refractivity contribution in [2.45, 2.75) is 69.6 Å². The molecule has 0 aliphatic carbocycles. The van der Waals surface area contributed by atoms with E-state index in [9.17, 15) is 24.3 Å². The number of amides is 3. The number of hydrogen-bond acceptors (Lipinski definition) is 6. The number of aliphatic carboxylic acids is 1. The van der Waals surface area contributed by atoms with Crippen molar-refractivity contribution in [3.05, 3.63) is 0 Å². The van der Waals surface area contributed by atoms with Crippen LogP contribution < -0.4 is 22.5 Å².